The summed E-state index contributed by atoms with van der Waals surface area (Å²) in [7, 11) is 0. The zero-order valence-corrected chi connectivity index (χ0v) is 8.29. The van der Waals surface area contributed by atoms with E-state index in [1.807, 2.05) is 0 Å². The predicted octanol–water partition coefficient (Wildman–Crippen LogP) is 1.04. The maximum Gasteiger partial charge on any atom is 0.341 e. The van der Waals surface area contributed by atoms with Crippen molar-refractivity contribution < 1.29 is 24.2 Å². The SMILES string of the molecule is CC1=C(CC(=O)O)C(=O)OC(C)(C)O1. The van der Waals surface area contributed by atoms with Crippen LogP contribution in [0, 0.1) is 0 Å². The number of aliphatic carboxylic acids is 1. The lowest BCUT2D eigenvalue weighted by Gasteiger charge is -2.31. The molecule has 0 spiro atoms. The Hall–Kier alpha value is -1.52. The number of allylic oxidation sites excluding steroid dienone is 1. The minimum Gasteiger partial charge on any atom is -0.481 e. The lowest BCUT2D eigenvalue weighted by molar-refractivity contribution is -0.207. The maximum atomic E-state index is 11.3. The Morgan fingerprint density at radius 2 is 2.00 bits per heavy atom. The van der Waals surface area contributed by atoms with E-state index in [2.05, 4.69) is 0 Å². The molecule has 0 saturated heterocycles. The fraction of sp³-hybridized carbons (Fsp3) is 0.556. The van der Waals surface area contributed by atoms with Gasteiger partial charge in [0.05, 0.1) is 12.0 Å². The molecule has 1 rings (SSSR count). The standard InChI is InChI=1S/C9H12O5/c1-5-6(4-7(10)11)8(12)14-9(2,3)13-5/h4H2,1-3H3,(H,10,11). The molecule has 5 heteroatoms. The van der Waals surface area contributed by atoms with Crippen LogP contribution in [0.3, 0.4) is 0 Å². The van der Waals surface area contributed by atoms with Gasteiger partial charge in [0.1, 0.15) is 5.76 Å². The van der Waals surface area contributed by atoms with Gasteiger partial charge >= 0.3 is 11.9 Å². The Morgan fingerprint density at radius 1 is 1.43 bits per heavy atom. The van der Waals surface area contributed by atoms with Crippen LogP contribution in [0.2, 0.25) is 0 Å². The number of carbonyl (C=O) groups is 2. The summed E-state index contributed by atoms with van der Waals surface area (Å²) in [5.74, 6) is -2.40. The van der Waals surface area contributed by atoms with E-state index in [0.29, 0.717) is 5.76 Å². The van der Waals surface area contributed by atoms with Crippen molar-refractivity contribution in [2.24, 2.45) is 0 Å². The van der Waals surface area contributed by atoms with Gasteiger partial charge in [0.25, 0.3) is 0 Å². The van der Waals surface area contributed by atoms with Gasteiger partial charge < -0.3 is 14.6 Å². The highest BCUT2D eigenvalue weighted by atomic mass is 16.7. The lowest BCUT2D eigenvalue weighted by atomic mass is 10.1. The normalized spacial score (nSPS) is 20.1. The lowest BCUT2D eigenvalue weighted by Crippen LogP contribution is -2.36. The van der Waals surface area contributed by atoms with Crippen molar-refractivity contribution in [3.8, 4) is 0 Å². The Kier molecular flexibility index (Phi) is 2.51. The third-order valence-corrected chi connectivity index (χ3v) is 1.74. The molecule has 0 atom stereocenters. The van der Waals surface area contributed by atoms with Crippen LogP contribution in [0.4, 0.5) is 0 Å². The van der Waals surface area contributed by atoms with E-state index < -0.39 is 17.7 Å². The van der Waals surface area contributed by atoms with Gasteiger partial charge in [-0.2, -0.15) is 0 Å². The summed E-state index contributed by atoms with van der Waals surface area (Å²) in [6.07, 6.45) is -0.374. The summed E-state index contributed by atoms with van der Waals surface area (Å²) in [5, 5.41) is 8.53. The highest BCUT2D eigenvalue weighted by molar-refractivity contribution is 5.94. The van der Waals surface area contributed by atoms with Crippen LogP contribution in [-0.2, 0) is 19.1 Å². The molecule has 0 radical (unpaired) electrons. The first-order chi connectivity index (χ1) is 6.32. The van der Waals surface area contributed by atoms with Gasteiger partial charge in [0.2, 0.25) is 5.79 Å². The highest BCUT2D eigenvalue weighted by Gasteiger charge is 2.34. The Labute approximate surface area is 81.3 Å². The van der Waals surface area contributed by atoms with Crippen molar-refractivity contribution in [2.75, 3.05) is 0 Å². The van der Waals surface area contributed by atoms with Gasteiger partial charge in [-0.1, -0.05) is 0 Å². The number of rotatable bonds is 2. The average Bonchev–Trinajstić information content (AvgIpc) is 1.94. The maximum absolute atomic E-state index is 11.3. The van der Waals surface area contributed by atoms with E-state index in [9.17, 15) is 9.59 Å². The zero-order chi connectivity index (χ0) is 10.9. The average molecular weight is 200 g/mol. The van der Waals surface area contributed by atoms with Crippen molar-refractivity contribution in [3.63, 3.8) is 0 Å². The van der Waals surface area contributed by atoms with Gasteiger partial charge in [-0.15, -0.1) is 0 Å². The van der Waals surface area contributed by atoms with Crippen molar-refractivity contribution >= 4 is 11.9 Å². The van der Waals surface area contributed by atoms with Crippen LogP contribution < -0.4 is 0 Å². The second kappa shape index (κ2) is 3.32. The minimum atomic E-state index is -1.08. The van der Waals surface area contributed by atoms with E-state index in [1.165, 1.54) is 0 Å². The van der Waals surface area contributed by atoms with E-state index in [1.54, 1.807) is 20.8 Å². The second-order valence-corrected chi connectivity index (χ2v) is 3.50. The molecule has 0 aromatic heterocycles. The number of ether oxygens (including phenoxy) is 2. The summed E-state index contributed by atoms with van der Waals surface area (Å²) >= 11 is 0. The molecule has 5 nitrogen and oxygen atoms in total. The van der Waals surface area contributed by atoms with Crippen LogP contribution >= 0.6 is 0 Å². The number of cyclic esters (lactones) is 1. The fourth-order valence-electron chi connectivity index (χ4n) is 1.23. The summed E-state index contributed by atoms with van der Waals surface area (Å²) < 4.78 is 10.1. The molecular weight excluding hydrogens is 188 g/mol. The molecule has 78 valence electrons. The third-order valence-electron chi connectivity index (χ3n) is 1.74. The molecule has 1 aliphatic rings. The van der Waals surface area contributed by atoms with Gasteiger partial charge in [-0.25, -0.2) is 4.79 Å². The van der Waals surface area contributed by atoms with Crippen molar-refractivity contribution in [1.82, 2.24) is 0 Å². The highest BCUT2D eigenvalue weighted by Crippen LogP contribution is 2.27. The summed E-state index contributed by atoms with van der Waals surface area (Å²) in [6, 6.07) is 0. The summed E-state index contributed by atoms with van der Waals surface area (Å²) in [6.45, 7) is 4.73. The molecule has 1 aliphatic heterocycles. The van der Waals surface area contributed by atoms with E-state index in [-0.39, 0.29) is 12.0 Å². The molecule has 0 amide bonds. The number of hydrogen-bond donors (Lipinski definition) is 1. The molecule has 1 N–H and O–H groups in total. The van der Waals surface area contributed by atoms with Crippen LogP contribution in [0.5, 0.6) is 0 Å². The van der Waals surface area contributed by atoms with E-state index in [0.717, 1.165) is 0 Å². The first kappa shape index (κ1) is 10.6. The van der Waals surface area contributed by atoms with Gasteiger partial charge in [-0.05, 0) is 6.92 Å². The quantitative estimate of drug-likeness (QED) is 0.674. The number of carbonyl (C=O) groups excluding carboxylic acids is 1. The van der Waals surface area contributed by atoms with Crippen molar-refractivity contribution in [2.45, 2.75) is 33.0 Å². The fourth-order valence-corrected chi connectivity index (χ4v) is 1.23. The van der Waals surface area contributed by atoms with Crippen LogP contribution in [0.1, 0.15) is 27.2 Å². The van der Waals surface area contributed by atoms with Crippen molar-refractivity contribution in [1.29, 1.82) is 0 Å². The zero-order valence-electron chi connectivity index (χ0n) is 8.29. The molecule has 0 aromatic rings. The first-order valence-electron chi connectivity index (χ1n) is 4.16. The molecular formula is C9H12O5. The number of hydrogen-bond acceptors (Lipinski definition) is 4. The Balaban J connectivity index is 2.93. The molecule has 0 unspecified atom stereocenters. The number of carboxylic acids is 1. The molecule has 14 heavy (non-hydrogen) atoms. The van der Waals surface area contributed by atoms with Crippen LogP contribution in [0.25, 0.3) is 0 Å². The number of esters is 1. The summed E-state index contributed by atoms with van der Waals surface area (Å²) in [5.41, 5.74) is 0.0665. The summed E-state index contributed by atoms with van der Waals surface area (Å²) in [4.78, 5) is 21.8. The van der Waals surface area contributed by atoms with E-state index >= 15 is 0 Å². The molecule has 0 bridgehead atoms. The van der Waals surface area contributed by atoms with Crippen molar-refractivity contribution in [3.05, 3.63) is 11.3 Å². The largest absolute Gasteiger partial charge is 0.481 e. The topological polar surface area (TPSA) is 72.8 Å². The molecule has 1 heterocycles. The van der Waals surface area contributed by atoms with E-state index in [4.69, 9.17) is 14.6 Å². The smallest absolute Gasteiger partial charge is 0.341 e. The van der Waals surface area contributed by atoms with Gasteiger partial charge in [0, 0.05) is 13.8 Å². The van der Waals surface area contributed by atoms with Crippen LogP contribution in [0.15, 0.2) is 11.3 Å². The Bertz CT molecular complexity index is 313. The molecule has 0 aromatic carbocycles. The predicted molar refractivity (Wildman–Crippen MR) is 46.2 cm³/mol. The minimum absolute atomic E-state index is 0.0665. The number of carboxylic acid groups (broad SMARTS) is 1. The van der Waals surface area contributed by atoms with Gasteiger partial charge in [0.15, 0.2) is 0 Å². The second-order valence-electron chi connectivity index (χ2n) is 3.50. The monoisotopic (exact) mass is 200 g/mol. The molecule has 0 aliphatic carbocycles. The molecule has 0 saturated carbocycles. The Morgan fingerprint density at radius 3 is 2.43 bits per heavy atom. The van der Waals surface area contributed by atoms with Crippen LogP contribution in [-0.4, -0.2) is 22.8 Å². The molecule has 0 fully saturated rings. The first-order valence-corrected chi connectivity index (χ1v) is 4.16. The third kappa shape index (κ3) is 2.25. The van der Waals surface area contributed by atoms with Gasteiger partial charge in [-0.3, -0.25) is 4.79 Å².